The zero-order valence-electron chi connectivity index (χ0n) is 19.8. The number of ether oxygens (including phenoxy) is 2. The lowest BCUT2D eigenvalue weighted by Crippen LogP contribution is -2.20. The average Bonchev–Trinajstić information content (AvgIpc) is 2.85. The van der Waals surface area contributed by atoms with E-state index in [0.29, 0.717) is 42.7 Å². The highest BCUT2D eigenvalue weighted by Gasteiger charge is 2.34. The monoisotopic (exact) mass is 540 g/mol. The Morgan fingerprint density at radius 2 is 1.71 bits per heavy atom. The molecule has 0 aliphatic carbocycles. The predicted molar refractivity (Wildman–Crippen MR) is 131 cm³/mol. The van der Waals surface area contributed by atoms with Gasteiger partial charge in [0.25, 0.3) is 0 Å². The van der Waals surface area contributed by atoms with E-state index in [0.717, 1.165) is 6.07 Å². The second kappa shape index (κ2) is 12.3. The quantitative estimate of drug-likeness (QED) is 0.0848. The van der Waals surface area contributed by atoms with Crippen LogP contribution in [0.4, 0.5) is 49.6 Å². The Hall–Kier alpha value is -4.33. The first-order chi connectivity index (χ1) is 18.0. The summed E-state index contributed by atoms with van der Waals surface area (Å²) in [6.07, 6.45) is -6.66. The van der Waals surface area contributed by atoms with Crippen molar-refractivity contribution in [3.05, 3.63) is 78.1 Å². The van der Waals surface area contributed by atoms with Crippen LogP contribution in [0.5, 0.6) is 5.75 Å². The van der Waals surface area contributed by atoms with Crippen molar-refractivity contribution in [1.82, 2.24) is 9.97 Å². The van der Waals surface area contributed by atoms with Crippen LogP contribution in [0.2, 0.25) is 0 Å². The minimum Gasteiger partial charge on any atom is -0.429 e. The largest absolute Gasteiger partial charge is 0.429 e. The molecule has 8 nitrogen and oxygen atoms in total. The summed E-state index contributed by atoms with van der Waals surface area (Å²) in [5.41, 5.74) is 1.62. The highest BCUT2D eigenvalue weighted by atomic mass is 19.4. The van der Waals surface area contributed by atoms with Crippen molar-refractivity contribution < 1.29 is 35.8 Å². The summed E-state index contributed by atoms with van der Waals surface area (Å²) in [5.74, 6) is -1.14. The molecule has 1 heterocycles. The van der Waals surface area contributed by atoms with E-state index >= 15 is 0 Å². The molecule has 3 N–H and O–H groups in total. The zero-order chi connectivity index (χ0) is 27.8. The third-order valence-electron chi connectivity index (χ3n) is 4.63. The van der Waals surface area contributed by atoms with Crippen LogP contribution in [-0.2, 0) is 10.9 Å². The van der Waals surface area contributed by atoms with E-state index < -0.39 is 23.7 Å². The summed E-state index contributed by atoms with van der Waals surface area (Å²) in [6, 6.07) is 9.46. The summed E-state index contributed by atoms with van der Waals surface area (Å²) in [6.45, 7) is 3.71. The Balaban J connectivity index is 1.77. The molecule has 0 unspecified atom stereocenters. The second-order valence-corrected chi connectivity index (χ2v) is 7.51. The molecule has 0 amide bonds. The van der Waals surface area contributed by atoms with E-state index in [2.05, 4.69) is 42.4 Å². The fourth-order valence-electron chi connectivity index (χ4n) is 2.89. The number of hydrazone groups is 1. The number of anilines is 4. The number of alkyl halides is 5. The molecule has 1 aromatic heterocycles. The molecule has 14 heteroatoms. The third-order valence-corrected chi connectivity index (χ3v) is 4.63. The molecule has 3 rings (SSSR count). The number of halogens is 6. The van der Waals surface area contributed by atoms with Gasteiger partial charge in [0, 0.05) is 31.5 Å². The predicted octanol–water partition coefficient (Wildman–Crippen LogP) is 6.04. The first-order valence-electron chi connectivity index (χ1n) is 10.8. The van der Waals surface area contributed by atoms with Crippen LogP contribution in [0.1, 0.15) is 11.1 Å². The number of hydrogen-bond acceptors (Lipinski definition) is 8. The Labute approximate surface area is 213 Å². The molecule has 38 heavy (non-hydrogen) atoms. The molecule has 202 valence electrons. The lowest BCUT2D eigenvalue weighted by molar-refractivity contribution is -0.140. The molecule has 0 saturated heterocycles. The molecular formula is C24H22F6N6O2. The Bertz CT molecular complexity index is 1270. The van der Waals surface area contributed by atoms with Crippen molar-refractivity contribution in [2.75, 3.05) is 36.3 Å². The number of hydrogen-bond donors (Lipinski definition) is 3. The molecular weight excluding hydrogens is 518 g/mol. The highest BCUT2D eigenvalue weighted by Crippen LogP contribution is 2.33. The Kier molecular flexibility index (Phi) is 9.12. The van der Waals surface area contributed by atoms with E-state index in [1.165, 1.54) is 43.7 Å². The van der Waals surface area contributed by atoms with Crippen molar-refractivity contribution >= 4 is 29.5 Å². The molecule has 0 bridgehead atoms. The van der Waals surface area contributed by atoms with Gasteiger partial charge in [0.2, 0.25) is 5.95 Å². The number of rotatable bonds is 12. The van der Waals surface area contributed by atoms with E-state index in [1.54, 1.807) is 0 Å². The molecule has 0 aliphatic rings. The average molecular weight is 540 g/mol. The van der Waals surface area contributed by atoms with Gasteiger partial charge in [-0.2, -0.15) is 37.0 Å². The minimum atomic E-state index is -4.88. The lowest BCUT2D eigenvalue weighted by Gasteiger charge is -2.13. The maximum absolute atomic E-state index is 13.6. The summed E-state index contributed by atoms with van der Waals surface area (Å²) in [5, 5.41) is 9.65. The van der Waals surface area contributed by atoms with Crippen LogP contribution in [-0.4, -0.2) is 42.6 Å². The van der Waals surface area contributed by atoms with E-state index in [9.17, 15) is 26.3 Å². The van der Waals surface area contributed by atoms with Crippen LogP contribution >= 0.6 is 0 Å². The smallest absolute Gasteiger partial charge is 0.419 e. The van der Waals surface area contributed by atoms with E-state index in [-0.39, 0.29) is 23.2 Å². The fraction of sp³-hybridized carbons (Fsp3) is 0.208. The van der Waals surface area contributed by atoms with Gasteiger partial charge in [-0.1, -0.05) is 6.58 Å². The topological polar surface area (TPSA) is 92.7 Å². The molecule has 0 fully saturated rings. The van der Waals surface area contributed by atoms with Gasteiger partial charge in [-0.25, -0.2) is 9.82 Å². The van der Waals surface area contributed by atoms with Gasteiger partial charge in [0.05, 0.1) is 18.4 Å². The van der Waals surface area contributed by atoms with Gasteiger partial charge >= 0.3 is 12.3 Å². The highest BCUT2D eigenvalue weighted by molar-refractivity contribution is 5.80. The van der Waals surface area contributed by atoms with Gasteiger partial charge in [-0.05, 0) is 48.0 Å². The zero-order valence-corrected chi connectivity index (χ0v) is 19.8. The summed E-state index contributed by atoms with van der Waals surface area (Å²) >= 11 is 0. The normalized spacial score (nSPS) is 11.9. The maximum Gasteiger partial charge on any atom is 0.419 e. The van der Waals surface area contributed by atoms with Crippen LogP contribution < -0.4 is 20.8 Å². The molecule has 2 aromatic carbocycles. The van der Waals surface area contributed by atoms with Gasteiger partial charge in [0.15, 0.2) is 0 Å². The maximum atomic E-state index is 13.6. The van der Waals surface area contributed by atoms with Crippen molar-refractivity contribution in [2.45, 2.75) is 12.3 Å². The molecule has 0 saturated carbocycles. The van der Waals surface area contributed by atoms with Crippen molar-refractivity contribution in [2.24, 2.45) is 5.10 Å². The number of nitrogens with one attached hydrogen (secondary N) is 3. The van der Waals surface area contributed by atoms with Crippen LogP contribution in [0.3, 0.4) is 0 Å². The van der Waals surface area contributed by atoms with Gasteiger partial charge in [-0.15, -0.1) is 0 Å². The molecule has 0 radical (unpaired) electrons. The first-order valence-corrected chi connectivity index (χ1v) is 10.8. The Morgan fingerprint density at radius 1 is 1.00 bits per heavy atom. The Morgan fingerprint density at radius 3 is 2.37 bits per heavy atom. The minimum absolute atomic E-state index is 0.0325. The van der Waals surface area contributed by atoms with Crippen LogP contribution in [0.25, 0.3) is 0 Å². The van der Waals surface area contributed by atoms with Gasteiger partial charge < -0.3 is 20.1 Å². The molecule has 3 aromatic rings. The first kappa shape index (κ1) is 28.2. The SMILES string of the molecule is C=CC(F)(F)Oc1ccc(/C=N/Nc2nc(NCCOC)cc(Nc3ccc(F)c(C(F)(F)F)c3)n2)cc1. The number of nitrogens with zero attached hydrogens (tertiary/aromatic N) is 3. The number of benzene rings is 2. The molecule has 0 aliphatic heterocycles. The summed E-state index contributed by atoms with van der Waals surface area (Å²) in [7, 11) is 1.51. The molecule has 0 spiro atoms. The number of aromatic nitrogens is 2. The number of methoxy groups -OCH3 is 1. The summed E-state index contributed by atoms with van der Waals surface area (Å²) in [4.78, 5) is 8.38. The van der Waals surface area contributed by atoms with Crippen molar-refractivity contribution in [3.8, 4) is 5.75 Å². The fourth-order valence-corrected chi connectivity index (χ4v) is 2.89. The standard InChI is InChI=1S/C24H22F6N6O2/c1-3-23(26,27)38-17-7-4-15(5-8-17)14-32-36-22-34-20(31-10-11-37-2)13-21(35-22)33-16-6-9-19(25)18(12-16)24(28,29)30/h3-9,12-14H,1,10-11H2,2H3,(H3,31,33,34,35,36)/b32-14+. The van der Waals surface area contributed by atoms with E-state index in [4.69, 9.17) is 4.74 Å². The van der Waals surface area contributed by atoms with Crippen molar-refractivity contribution in [1.29, 1.82) is 0 Å². The second-order valence-electron chi connectivity index (χ2n) is 7.51. The molecule has 0 atom stereocenters. The van der Waals surface area contributed by atoms with Crippen LogP contribution in [0, 0.1) is 5.82 Å². The van der Waals surface area contributed by atoms with Crippen LogP contribution in [0.15, 0.2) is 66.3 Å². The van der Waals surface area contributed by atoms with Crippen molar-refractivity contribution in [3.63, 3.8) is 0 Å². The third kappa shape index (κ3) is 8.37. The summed E-state index contributed by atoms with van der Waals surface area (Å²) < 4.78 is 88.8. The lowest BCUT2D eigenvalue weighted by atomic mass is 10.2. The van der Waals surface area contributed by atoms with E-state index in [1.807, 2.05) is 0 Å². The van der Waals surface area contributed by atoms with Gasteiger partial charge in [0.1, 0.15) is 23.2 Å². The van der Waals surface area contributed by atoms with Gasteiger partial charge in [-0.3, -0.25) is 0 Å².